The molecule has 1 aliphatic rings. The van der Waals surface area contributed by atoms with E-state index in [4.69, 9.17) is 11.1 Å². The molecule has 2 aromatic rings. The van der Waals surface area contributed by atoms with E-state index in [1.54, 1.807) is 0 Å². The van der Waals surface area contributed by atoms with Crippen LogP contribution in [0, 0.1) is 5.41 Å². The summed E-state index contributed by atoms with van der Waals surface area (Å²) in [6, 6.07) is 15.5. The maximum absolute atomic E-state index is 7.47. The Morgan fingerprint density at radius 3 is 2.70 bits per heavy atom. The summed E-state index contributed by atoms with van der Waals surface area (Å²) in [5, 5.41) is 11.1. The Kier molecular flexibility index (Phi) is 6.88. The first-order chi connectivity index (χ1) is 13.2. The minimum Gasteiger partial charge on any atom is -0.398 e. The van der Waals surface area contributed by atoms with Crippen molar-refractivity contribution in [1.29, 1.82) is 5.41 Å². The van der Waals surface area contributed by atoms with E-state index in [1.807, 2.05) is 18.2 Å². The van der Waals surface area contributed by atoms with Gasteiger partial charge in [0, 0.05) is 42.3 Å². The fourth-order valence-electron chi connectivity index (χ4n) is 3.79. The molecule has 27 heavy (non-hydrogen) atoms. The zero-order chi connectivity index (χ0) is 19.1. The van der Waals surface area contributed by atoms with Gasteiger partial charge in [-0.1, -0.05) is 37.6 Å². The van der Waals surface area contributed by atoms with Crippen LogP contribution in [0.25, 0.3) is 0 Å². The van der Waals surface area contributed by atoms with Crippen molar-refractivity contribution in [1.82, 2.24) is 4.90 Å². The van der Waals surface area contributed by atoms with E-state index < -0.39 is 0 Å². The van der Waals surface area contributed by atoms with Crippen LogP contribution in [0.3, 0.4) is 0 Å². The third kappa shape index (κ3) is 5.57. The summed E-state index contributed by atoms with van der Waals surface area (Å²) in [6.07, 6.45) is 7.40. The van der Waals surface area contributed by atoms with Gasteiger partial charge in [0.15, 0.2) is 0 Å². The summed E-state index contributed by atoms with van der Waals surface area (Å²) in [7, 11) is 0. The number of rotatable bonds is 8. The maximum atomic E-state index is 7.47. The first-order valence-corrected chi connectivity index (χ1v) is 10.1. The molecule has 1 unspecified atom stereocenters. The molecular weight excluding hydrogens is 332 g/mol. The zero-order valence-corrected chi connectivity index (χ0v) is 16.4. The lowest BCUT2D eigenvalue weighted by atomic mass is 10.0. The summed E-state index contributed by atoms with van der Waals surface area (Å²) in [6.45, 7) is 5.45. The van der Waals surface area contributed by atoms with Gasteiger partial charge in [-0.25, -0.2) is 0 Å². The molecule has 4 nitrogen and oxygen atoms in total. The first-order valence-electron chi connectivity index (χ1n) is 10.1. The molecule has 1 atom stereocenters. The summed E-state index contributed by atoms with van der Waals surface area (Å²) in [5.74, 6) is 0. The van der Waals surface area contributed by atoms with E-state index in [1.165, 1.54) is 49.4 Å². The number of nitrogens with two attached hydrogens (primary N) is 1. The topological polar surface area (TPSA) is 65.1 Å². The molecule has 1 fully saturated rings. The number of unbranched alkanes of at least 4 members (excludes halogenated alkanes) is 1. The van der Waals surface area contributed by atoms with Crippen LogP contribution in [-0.2, 0) is 13.0 Å². The van der Waals surface area contributed by atoms with Crippen molar-refractivity contribution in [3.05, 3.63) is 59.2 Å². The average Bonchev–Trinajstić information content (AvgIpc) is 2.69. The number of nitrogens with one attached hydrogen (secondary N) is 2. The van der Waals surface area contributed by atoms with Crippen molar-refractivity contribution in [2.75, 3.05) is 24.1 Å². The number of anilines is 2. The summed E-state index contributed by atoms with van der Waals surface area (Å²) < 4.78 is 0. The van der Waals surface area contributed by atoms with Gasteiger partial charge >= 0.3 is 0 Å². The Morgan fingerprint density at radius 1 is 1.19 bits per heavy atom. The molecule has 0 spiro atoms. The molecular formula is C23H32N4. The SMILES string of the molecule is CCCCc1ccc(CN2CCCC(Nc3ccc(N)c(C=N)c3)C2)cc1. The van der Waals surface area contributed by atoms with Crippen LogP contribution in [0.1, 0.15) is 49.3 Å². The highest BCUT2D eigenvalue weighted by atomic mass is 15.2. The number of likely N-dealkylation sites (tertiary alicyclic amines) is 1. The van der Waals surface area contributed by atoms with Crippen LogP contribution >= 0.6 is 0 Å². The minimum atomic E-state index is 0.435. The van der Waals surface area contributed by atoms with Crippen LogP contribution in [0.4, 0.5) is 11.4 Å². The Balaban J connectivity index is 1.55. The zero-order valence-electron chi connectivity index (χ0n) is 16.4. The third-order valence-corrected chi connectivity index (χ3v) is 5.37. The Bertz CT molecular complexity index is 739. The maximum Gasteiger partial charge on any atom is 0.0404 e. The second-order valence-corrected chi connectivity index (χ2v) is 7.63. The van der Waals surface area contributed by atoms with E-state index in [0.717, 1.165) is 30.9 Å². The number of aryl methyl sites for hydroxylation is 1. The molecule has 0 aliphatic carbocycles. The van der Waals surface area contributed by atoms with Crippen molar-refractivity contribution < 1.29 is 0 Å². The van der Waals surface area contributed by atoms with Crippen LogP contribution in [0.15, 0.2) is 42.5 Å². The fraction of sp³-hybridized carbons (Fsp3) is 0.435. The Hall–Kier alpha value is -2.33. The number of hydrogen-bond acceptors (Lipinski definition) is 4. The highest BCUT2D eigenvalue weighted by Gasteiger charge is 2.20. The van der Waals surface area contributed by atoms with Gasteiger partial charge < -0.3 is 16.5 Å². The van der Waals surface area contributed by atoms with Gasteiger partial charge in [-0.2, -0.15) is 0 Å². The lowest BCUT2D eigenvalue weighted by Crippen LogP contribution is -2.41. The monoisotopic (exact) mass is 364 g/mol. The number of benzene rings is 2. The second kappa shape index (κ2) is 9.56. The quantitative estimate of drug-likeness (QED) is 0.470. The van der Waals surface area contributed by atoms with Gasteiger partial charge in [0.05, 0.1) is 0 Å². The average molecular weight is 365 g/mol. The molecule has 0 saturated carbocycles. The molecule has 144 valence electrons. The van der Waals surface area contributed by atoms with Crippen LogP contribution in [0.5, 0.6) is 0 Å². The predicted octanol–water partition coefficient (Wildman–Crippen LogP) is 4.69. The van der Waals surface area contributed by atoms with Crippen molar-refractivity contribution in [3.8, 4) is 0 Å². The smallest absolute Gasteiger partial charge is 0.0404 e. The number of piperidine rings is 1. The lowest BCUT2D eigenvalue weighted by Gasteiger charge is -2.33. The Labute approximate surface area is 163 Å². The Morgan fingerprint density at radius 2 is 1.96 bits per heavy atom. The molecule has 0 amide bonds. The van der Waals surface area contributed by atoms with Gasteiger partial charge in [0.25, 0.3) is 0 Å². The van der Waals surface area contributed by atoms with Gasteiger partial charge in [0.2, 0.25) is 0 Å². The van der Waals surface area contributed by atoms with E-state index >= 15 is 0 Å². The number of hydrogen-bond donors (Lipinski definition) is 3. The third-order valence-electron chi connectivity index (χ3n) is 5.37. The van der Waals surface area contributed by atoms with Gasteiger partial charge in [-0.3, -0.25) is 4.90 Å². The van der Waals surface area contributed by atoms with E-state index in [0.29, 0.717) is 11.7 Å². The summed E-state index contributed by atoms with van der Waals surface area (Å²) in [4.78, 5) is 2.54. The first kappa shape index (κ1) is 19.4. The lowest BCUT2D eigenvalue weighted by molar-refractivity contribution is 0.208. The van der Waals surface area contributed by atoms with Crippen LogP contribution in [-0.4, -0.2) is 30.2 Å². The standard InChI is InChI=1S/C23H32N4/c1-2-3-5-18-7-9-19(10-8-18)16-27-13-4-6-22(17-27)26-21-11-12-23(25)20(14-21)15-24/h7-12,14-15,22,24,26H,2-6,13,16-17,25H2,1H3. The van der Waals surface area contributed by atoms with Gasteiger partial charge in [0.1, 0.15) is 0 Å². The summed E-state index contributed by atoms with van der Waals surface area (Å²) >= 11 is 0. The summed E-state index contributed by atoms with van der Waals surface area (Å²) in [5.41, 5.74) is 11.2. The molecule has 1 heterocycles. The van der Waals surface area contributed by atoms with E-state index in [2.05, 4.69) is 41.4 Å². The molecule has 1 aliphatic heterocycles. The fourth-order valence-corrected chi connectivity index (χ4v) is 3.79. The molecule has 2 aromatic carbocycles. The van der Waals surface area contributed by atoms with Crippen molar-refractivity contribution in [3.63, 3.8) is 0 Å². The van der Waals surface area contributed by atoms with Crippen molar-refractivity contribution in [2.24, 2.45) is 0 Å². The molecule has 1 saturated heterocycles. The second-order valence-electron chi connectivity index (χ2n) is 7.63. The molecule has 0 bridgehead atoms. The van der Waals surface area contributed by atoms with E-state index in [-0.39, 0.29) is 0 Å². The molecule has 0 radical (unpaired) electrons. The highest BCUT2D eigenvalue weighted by molar-refractivity contribution is 5.86. The molecule has 4 N–H and O–H groups in total. The minimum absolute atomic E-state index is 0.435. The molecule has 3 rings (SSSR count). The van der Waals surface area contributed by atoms with Crippen molar-refractivity contribution >= 4 is 17.6 Å². The number of nitrogens with zero attached hydrogens (tertiary/aromatic N) is 1. The largest absolute Gasteiger partial charge is 0.398 e. The van der Waals surface area contributed by atoms with Crippen molar-refractivity contribution in [2.45, 2.75) is 51.6 Å². The normalized spacial score (nSPS) is 17.6. The highest BCUT2D eigenvalue weighted by Crippen LogP contribution is 2.21. The number of nitrogen functional groups attached to an aromatic ring is 1. The molecule has 4 heteroatoms. The van der Waals surface area contributed by atoms with Crippen LogP contribution < -0.4 is 11.1 Å². The van der Waals surface area contributed by atoms with E-state index in [9.17, 15) is 0 Å². The van der Waals surface area contributed by atoms with Crippen LogP contribution in [0.2, 0.25) is 0 Å². The predicted molar refractivity (Wildman–Crippen MR) is 116 cm³/mol. The van der Waals surface area contributed by atoms with Gasteiger partial charge in [-0.05, 0) is 61.6 Å². The molecule has 0 aromatic heterocycles. The van der Waals surface area contributed by atoms with Gasteiger partial charge in [-0.15, -0.1) is 0 Å².